The lowest BCUT2D eigenvalue weighted by Gasteiger charge is -2.29. The van der Waals surface area contributed by atoms with Crippen molar-refractivity contribution in [3.05, 3.63) is 71.5 Å². The number of thiazole rings is 1. The predicted molar refractivity (Wildman–Crippen MR) is 203 cm³/mol. The maximum absolute atomic E-state index is 13.0. The third kappa shape index (κ3) is 6.41. The molecule has 2 aromatic carbocycles. The molecule has 0 radical (unpaired) electrons. The lowest BCUT2D eigenvalue weighted by molar-refractivity contribution is -0.160. The first-order chi connectivity index (χ1) is 24.9. The molecule has 3 atom stereocenters. The van der Waals surface area contributed by atoms with Crippen molar-refractivity contribution in [1.82, 2.24) is 24.7 Å². The molecule has 8 rings (SSSR count). The second-order valence-electron chi connectivity index (χ2n) is 15.0. The van der Waals surface area contributed by atoms with Crippen molar-refractivity contribution in [3.8, 4) is 44.6 Å². The molecule has 4 aromatic heterocycles. The van der Waals surface area contributed by atoms with Crippen LogP contribution in [0.15, 0.2) is 54.9 Å². The van der Waals surface area contributed by atoms with E-state index in [0.29, 0.717) is 35.2 Å². The Bertz CT molecular complexity index is 2340. The van der Waals surface area contributed by atoms with Crippen LogP contribution in [0.25, 0.3) is 54.3 Å². The maximum Gasteiger partial charge on any atom is 0.337 e. The van der Waals surface area contributed by atoms with Gasteiger partial charge in [-0.25, -0.2) is 14.8 Å². The summed E-state index contributed by atoms with van der Waals surface area (Å²) < 4.78 is 21.9. The highest BCUT2D eigenvalue weighted by atomic mass is 32.1. The first kappa shape index (κ1) is 34.2. The highest BCUT2D eigenvalue weighted by Crippen LogP contribution is 2.47. The van der Waals surface area contributed by atoms with E-state index in [1.165, 1.54) is 5.56 Å². The molecule has 1 N–H and O–H groups in total. The molecule has 6 aromatic rings. The number of aliphatic carboxylic acids is 1. The standard InChI is InChI=1S/C41H43N5O5S/c1-22-17-29-38-35(34(22)37(40(47)48)51-41(3,4)5)25-11-12-32-27(18-25)24(14-16-49-32)10-8-7-9-23(2)50-33-20-31-30(21-43-46(31)6)44-36(33)28-19-26(13-15-42-28)39(45-29)52-38/h11-13,15,17-21,23-24,37H,7-10,14,16H2,1-6H3,(H,47,48)/t23-,24?,37?/m0/s1. The topological polar surface area (TPSA) is 121 Å². The molecule has 0 spiro atoms. The fraction of sp³-hybridized carbons (Fsp3) is 0.390. The second-order valence-corrected chi connectivity index (χ2v) is 16.0. The molecule has 268 valence electrons. The van der Waals surface area contributed by atoms with Crippen molar-refractivity contribution in [1.29, 1.82) is 0 Å². The fourth-order valence-electron chi connectivity index (χ4n) is 7.59. The number of aryl methyl sites for hydroxylation is 2. The minimum atomic E-state index is -1.18. The predicted octanol–water partition coefficient (Wildman–Crippen LogP) is 9.43. The number of carbonyl (C=O) groups is 1. The van der Waals surface area contributed by atoms with Crippen LogP contribution in [0.5, 0.6) is 11.5 Å². The van der Waals surface area contributed by atoms with Gasteiger partial charge >= 0.3 is 5.97 Å². The van der Waals surface area contributed by atoms with Gasteiger partial charge in [0.05, 0.1) is 45.9 Å². The molecule has 0 saturated carbocycles. The van der Waals surface area contributed by atoms with Crippen LogP contribution in [0.2, 0.25) is 0 Å². The van der Waals surface area contributed by atoms with Gasteiger partial charge < -0.3 is 19.3 Å². The van der Waals surface area contributed by atoms with Crippen LogP contribution in [0.1, 0.15) is 88.5 Å². The van der Waals surface area contributed by atoms with Crippen LogP contribution in [-0.4, -0.2) is 54.1 Å². The Hall–Kier alpha value is -4.87. The molecule has 11 heteroatoms. The summed E-state index contributed by atoms with van der Waals surface area (Å²) in [5.74, 6) is 0.854. The zero-order chi connectivity index (χ0) is 36.3. The van der Waals surface area contributed by atoms with E-state index < -0.39 is 17.7 Å². The van der Waals surface area contributed by atoms with E-state index in [1.54, 1.807) is 23.7 Å². The van der Waals surface area contributed by atoms with Gasteiger partial charge in [-0.05, 0) is 113 Å². The molecule has 0 aliphatic carbocycles. The van der Waals surface area contributed by atoms with Crippen molar-refractivity contribution in [2.75, 3.05) is 6.61 Å². The van der Waals surface area contributed by atoms with Gasteiger partial charge in [0.2, 0.25) is 0 Å². The largest absolute Gasteiger partial charge is 0.493 e. The Balaban J connectivity index is 1.37. The lowest BCUT2D eigenvalue weighted by Crippen LogP contribution is -2.28. The molecule has 2 unspecified atom stereocenters. The Morgan fingerprint density at radius 2 is 1.85 bits per heavy atom. The lowest BCUT2D eigenvalue weighted by atomic mass is 9.85. The highest BCUT2D eigenvalue weighted by molar-refractivity contribution is 7.22. The normalized spacial score (nSPS) is 18.2. The van der Waals surface area contributed by atoms with Gasteiger partial charge in [0.25, 0.3) is 0 Å². The first-order valence-electron chi connectivity index (χ1n) is 18.0. The summed E-state index contributed by atoms with van der Waals surface area (Å²) in [6.07, 6.45) is 7.20. The smallest absolute Gasteiger partial charge is 0.337 e. The number of nitrogens with zero attached hydrogens (tertiary/aromatic N) is 5. The van der Waals surface area contributed by atoms with Crippen molar-refractivity contribution >= 4 is 38.6 Å². The van der Waals surface area contributed by atoms with Crippen LogP contribution in [-0.2, 0) is 16.6 Å². The molecule has 52 heavy (non-hydrogen) atoms. The molecule has 0 saturated heterocycles. The average molecular weight is 718 g/mol. The molecule has 6 bridgehead atoms. The Morgan fingerprint density at radius 3 is 2.65 bits per heavy atom. The number of hydrogen-bond acceptors (Lipinski definition) is 9. The number of fused-ring (bicyclic) bond motifs is 9. The summed E-state index contributed by atoms with van der Waals surface area (Å²) in [5, 5.41) is 15.9. The molecule has 2 aliphatic heterocycles. The zero-order valence-corrected chi connectivity index (χ0v) is 31.2. The number of hydrogen-bond donors (Lipinski definition) is 1. The van der Waals surface area contributed by atoms with Crippen LogP contribution in [0, 0.1) is 6.92 Å². The molecule has 10 nitrogen and oxygen atoms in total. The van der Waals surface area contributed by atoms with Gasteiger partial charge in [-0.15, -0.1) is 11.3 Å². The number of carboxylic acids is 1. The summed E-state index contributed by atoms with van der Waals surface area (Å²) in [6.45, 7) is 10.4. The van der Waals surface area contributed by atoms with E-state index in [2.05, 4.69) is 24.2 Å². The van der Waals surface area contributed by atoms with Gasteiger partial charge in [0.15, 0.2) is 6.10 Å². The molecular weight excluding hydrogens is 675 g/mol. The Labute approximate surface area is 306 Å². The molecule has 2 aliphatic rings. The molecule has 6 heterocycles. The van der Waals surface area contributed by atoms with Crippen molar-refractivity contribution in [2.45, 2.75) is 90.4 Å². The second kappa shape index (κ2) is 13.3. The zero-order valence-electron chi connectivity index (χ0n) is 30.4. The number of aromatic nitrogens is 5. The Kier molecular flexibility index (Phi) is 8.74. The van der Waals surface area contributed by atoms with Crippen LogP contribution >= 0.6 is 11.3 Å². The monoisotopic (exact) mass is 717 g/mol. The van der Waals surface area contributed by atoms with Crippen molar-refractivity contribution in [3.63, 3.8) is 0 Å². The Morgan fingerprint density at radius 1 is 1.02 bits per heavy atom. The van der Waals surface area contributed by atoms with Gasteiger partial charge in [0.1, 0.15) is 27.7 Å². The van der Waals surface area contributed by atoms with Gasteiger partial charge in [-0.1, -0.05) is 12.5 Å². The van der Waals surface area contributed by atoms with Gasteiger partial charge in [-0.2, -0.15) is 5.10 Å². The van der Waals surface area contributed by atoms with Crippen molar-refractivity contribution in [2.24, 2.45) is 7.05 Å². The minimum Gasteiger partial charge on any atom is -0.493 e. The van der Waals surface area contributed by atoms with Gasteiger partial charge in [-0.3, -0.25) is 9.67 Å². The van der Waals surface area contributed by atoms with E-state index in [-0.39, 0.29) is 6.10 Å². The van der Waals surface area contributed by atoms with Crippen LogP contribution in [0.4, 0.5) is 0 Å². The summed E-state index contributed by atoms with van der Waals surface area (Å²) in [4.78, 5) is 28.0. The first-order valence-corrected chi connectivity index (χ1v) is 18.8. The SMILES string of the molecule is Cc1cc2nc3sc2c(c1C(OC(C)(C)C)C(=O)O)-c1ccc2c(c1)C(CCCC[C@H](C)Oc1cc4c(cnn4C)nc1-c1cc-3ccn1)CCO2. The summed E-state index contributed by atoms with van der Waals surface area (Å²) >= 11 is 1.54. The summed E-state index contributed by atoms with van der Waals surface area (Å²) in [5.41, 5.74) is 8.34. The number of carboxylic acid groups (broad SMARTS) is 1. The third-order valence-corrected chi connectivity index (χ3v) is 11.2. The number of ether oxygens (including phenoxy) is 3. The molecule has 0 fully saturated rings. The van der Waals surface area contributed by atoms with Crippen molar-refractivity contribution < 1.29 is 24.1 Å². The average Bonchev–Trinajstić information content (AvgIpc) is 3.70. The quantitative estimate of drug-likeness (QED) is 0.191. The fourth-order valence-corrected chi connectivity index (χ4v) is 8.71. The third-order valence-electron chi connectivity index (χ3n) is 10.0. The van der Waals surface area contributed by atoms with E-state index in [9.17, 15) is 9.90 Å². The highest BCUT2D eigenvalue weighted by Gasteiger charge is 2.33. The van der Waals surface area contributed by atoms with E-state index in [4.69, 9.17) is 29.2 Å². The number of pyridine rings is 2. The minimum absolute atomic E-state index is 0.0364. The van der Waals surface area contributed by atoms with Crippen LogP contribution < -0.4 is 9.47 Å². The number of benzene rings is 2. The molecule has 0 amide bonds. The summed E-state index contributed by atoms with van der Waals surface area (Å²) in [6, 6.07) is 14.3. The maximum atomic E-state index is 13.0. The van der Waals surface area contributed by atoms with Gasteiger partial charge in [0, 0.05) is 36.0 Å². The summed E-state index contributed by atoms with van der Waals surface area (Å²) in [7, 11) is 1.90. The van der Waals surface area contributed by atoms with E-state index in [0.717, 1.165) is 86.4 Å². The van der Waals surface area contributed by atoms with Crippen LogP contribution in [0.3, 0.4) is 0 Å². The van der Waals surface area contributed by atoms with E-state index >= 15 is 0 Å². The van der Waals surface area contributed by atoms with E-state index in [1.807, 2.05) is 69.8 Å². The molecular formula is C41H43N5O5S. The number of rotatable bonds is 3.